The zero-order chi connectivity index (χ0) is 22.7. The van der Waals surface area contributed by atoms with Gasteiger partial charge in [-0.3, -0.25) is 9.79 Å². The van der Waals surface area contributed by atoms with Gasteiger partial charge in [-0.2, -0.15) is 0 Å². The Kier molecular flexibility index (Phi) is 7.39. The fourth-order valence-corrected chi connectivity index (χ4v) is 5.26. The molecular weight excluding hydrogens is 406 g/mol. The third-order valence-corrected chi connectivity index (χ3v) is 7.13. The Morgan fingerprint density at radius 1 is 1.17 bits per heavy atom. The Balaban J connectivity index is 2.19. The van der Waals surface area contributed by atoms with Crippen LogP contribution in [0.25, 0.3) is 0 Å². The first kappa shape index (κ1) is 24.0. The number of benzene rings is 1. The van der Waals surface area contributed by atoms with Crippen LogP contribution in [-0.2, 0) is 21.2 Å². The van der Waals surface area contributed by atoms with E-state index in [1.807, 2.05) is 20.8 Å². The van der Waals surface area contributed by atoms with E-state index in [4.69, 9.17) is 15.6 Å². The molecule has 0 atom stereocenters. The van der Waals surface area contributed by atoms with Gasteiger partial charge in [0.1, 0.15) is 11.4 Å². The number of unbranched alkanes of at least 4 members (excludes halogenated alkanes) is 2. The summed E-state index contributed by atoms with van der Waals surface area (Å²) in [6.45, 7) is 9.85. The molecule has 1 aromatic carbocycles. The molecule has 1 aromatic rings. The number of carboxylic acid groups (broad SMARTS) is 1. The number of sulfonamides is 1. The molecule has 30 heavy (non-hydrogen) atoms. The van der Waals surface area contributed by atoms with Crippen LogP contribution in [0.4, 0.5) is 0 Å². The molecule has 0 unspecified atom stereocenters. The number of carbonyl (C=O) groups is 1. The van der Waals surface area contributed by atoms with Crippen molar-refractivity contribution in [2.24, 2.45) is 10.7 Å². The molecule has 1 heterocycles. The molecule has 0 saturated heterocycles. The Morgan fingerprint density at radius 3 is 2.47 bits per heavy atom. The summed E-state index contributed by atoms with van der Waals surface area (Å²) in [6.07, 6.45) is 3.55. The summed E-state index contributed by atoms with van der Waals surface area (Å²) < 4.78 is 34.7. The molecule has 1 aliphatic rings. The maximum Gasteiger partial charge on any atom is 0.303 e. The number of carboxylic acids is 1. The van der Waals surface area contributed by atoms with Crippen LogP contribution >= 0.6 is 0 Å². The highest BCUT2D eigenvalue weighted by Crippen LogP contribution is 2.42. The minimum absolute atomic E-state index is 0.114. The van der Waals surface area contributed by atoms with Crippen LogP contribution in [0.1, 0.15) is 68.2 Å². The summed E-state index contributed by atoms with van der Waals surface area (Å²) in [5.41, 5.74) is 8.59. The Bertz CT molecular complexity index is 952. The number of fused-ring (bicyclic) bond motifs is 1. The highest BCUT2D eigenvalue weighted by atomic mass is 32.2. The second kappa shape index (κ2) is 9.24. The second-order valence-electron chi connectivity index (χ2n) is 8.45. The minimum atomic E-state index is -3.90. The molecule has 4 N–H and O–H groups in total. The van der Waals surface area contributed by atoms with Crippen LogP contribution in [0.15, 0.2) is 9.89 Å². The van der Waals surface area contributed by atoms with Crippen molar-refractivity contribution in [1.82, 2.24) is 4.72 Å². The lowest BCUT2D eigenvalue weighted by Crippen LogP contribution is -2.38. The number of guanidine groups is 1. The molecule has 0 amide bonds. The molecule has 0 bridgehead atoms. The molecule has 0 fully saturated rings. The zero-order valence-corrected chi connectivity index (χ0v) is 19.3. The summed E-state index contributed by atoms with van der Waals surface area (Å²) >= 11 is 0. The van der Waals surface area contributed by atoms with E-state index in [9.17, 15) is 13.2 Å². The monoisotopic (exact) mass is 439 g/mol. The van der Waals surface area contributed by atoms with E-state index >= 15 is 0 Å². The number of nitrogens with one attached hydrogen (secondary N) is 1. The van der Waals surface area contributed by atoms with Crippen molar-refractivity contribution in [3.63, 3.8) is 0 Å². The normalized spacial score (nSPS) is 16.0. The van der Waals surface area contributed by atoms with Crippen molar-refractivity contribution < 1.29 is 23.1 Å². The van der Waals surface area contributed by atoms with Crippen LogP contribution in [0.5, 0.6) is 5.75 Å². The molecule has 0 aliphatic carbocycles. The summed E-state index contributed by atoms with van der Waals surface area (Å²) in [4.78, 5) is 14.8. The van der Waals surface area contributed by atoms with Crippen molar-refractivity contribution >= 4 is 22.0 Å². The van der Waals surface area contributed by atoms with E-state index < -0.39 is 16.0 Å². The Labute approximate surface area is 179 Å². The van der Waals surface area contributed by atoms with Gasteiger partial charge in [0.2, 0.25) is 5.96 Å². The third-order valence-electron chi connectivity index (χ3n) is 5.51. The molecule has 168 valence electrons. The highest BCUT2D eigenvalue weighted by Gasteiger charge is 2.33. The minimum Gasteiger partial charge on any atom is -0.487 e. The quantitative estimate of drug-likeness (QED) is 0.324. The maximum atomic E-state index is 13.1. The number of aliphatic carboxylic acids is 1. The van der Waals surface area contributed by atoms with Crippen molar-refractivity contribution in [3.8, 4) is 5.75 Å². The first-order valence-electron chi connectivity index (χ1n) is 10.2. The van der Waals surface area contributed by atoms with Gasteiger partial charge in [-0.15, -0.1) is 0 Å². The van der Waals surface area contributed by atoms with Gasteiger partial charge in [0.25, 0.3) is 10.0 Å². The van der Waals surface area contributed by atoms with Gasteiger partial charge in [0.05, 0.1) is 4.90 Å². The van der Waals surface area contributed by atoms with Crippen LogP contribution in [0.2, 0.25) is 0 Å². The zero-order valence-electron chi connectivity index (χ0n) is 18.5. The molecule has 0 aromatic heterocycles. The van der Waals surface area contributed by atoms with E-state index in [2.05, 4.69) is 9.71 Å². The number of nitrogens with zero attached hydrogens (tertiary/aromatic N) is 1. The van der Waals surface area contributed by atoms with Gasteiger partial charge >= 0.3 is 5.97 Å². The predicted octanol–water partition coefficient (Wildman–Crippen LogP) is 2.95. The lowest BCUT2D eigenvalue weighted by molar-refractivity contribution is -0.137. The van der Waals surface area contributed by atoms with E-state index in [0.717, 1.165) is 29.7 Å². The number of aliphatic imine (C=N–C) groups is 1. The summed E-state index contributed by atoms with van der Waals surface area (Å²) in [5.74, 6) is -0.214. The smallest absolute Gasteiger partial charge is 0.303 e. The third kappa shape index (κ3) is 5.65. The van der Waals surface area contributed by atoms with Gasteiger partial charge in [0.15, 0.2) is 0 Å². The van der Waals surface area contributed by atoms with Gasteiger partial charge in [-0.1, -0.05) is 6.42 Å². The average molecular weight is 440 g/mol. The van der Waals surface area contributed by atoms with Gasteiger partial charge in [-0.05, 0) is 82.6 Å². The topological polar surface area (TPSA) is 131 Å². The molecule has 8 nitrogen and oxygen atoms in total. The maximum absolute atomic E-state index is 13.1. The fourth-order valence-electron chi connectivity index (χ4n) is 3.74. The van der Waals surface area contributed by atoms with Crippen LogP contribution < -0.4 is 15.2 Å². The van der Waals surface area contributed by atoms with E-state index in [-0.39, 0.29) is 22.9 Å². The predicted molar refractivity (Wildman–Crippen MR) is 117 cm³/mol. The number of ether oxygens (including phenoxy) is 1. The van der Waals surface area contributed by atoms with Crippen LogP contribution in [0.3, 0.4) is 0 Å². The molecule has 9 heteroatoms. The van der Waals surface area contributed by atoms with Crippen molar-refractivity contribution in [3.05, 3.63) is 22.3 Å². The molecular formula is C21H33N3O5S. The highest BCUT2D eigenvalue weighted by molar-refractivity contribution is 7.90. The van der Waals surface area contributed by atoms with E-state index in [0.29, 0.717) is 36.9 Å². The first-order valence-corrected chi connectivity index (χ1v) is 11.7. The molecule has 2 rings (SSSR count). The number of nitrogens with two attached hydrogens (primary N) is 1. The van der Waals surface area contributed by atoms with Crippen molar-refractivity contribution in [2.45, 2.75) is 83.6 Å². The Morgan fingerprint density at radius 2 is 1.83 bits per heavy atom. The summed E-state index contributed by atoms with van der Waals surface area (Å²) in [7, 11) is -3.90. The largest absolute Gasteiger partial charge is 0.487 e. The number of rotatable bonds is 8. The van der Waals surface area contributed by atoms with Gasteiger partial charge in [-0.25, -0.2) is 13.1 Å². The van der Waals surface area contributed by atoms with E-state index in [1.54, 1.807) is 13.8 Å². The lowest BCUT2D eigenvalue weighted by atomic mass is 9.88. The van der Waals surface area contributed by atoms with Crippen molar-refractivity contribution in [1.29, 1.82) is 0 Å². The number of hydrogen-bond acceptors (Lipinski definition) is 5. The number of hydrogen-bond donors (Lipinski definition) is 3. The molecule has 0 radical (unpaired) electrons. The first-order chi connectivity index (χ1) is 13.9. The van der Waals surface area contributed by atoms with E-state index in [1.165, 1.54) is 0 Å². The summed E-state index contributed by atoms with van der Waals surface area (Å²) in [5, 5.41) is 8.63. The Hall–Kier alpha value is -2.29. The van der Waals surface area contributed by atoms with Crippen LogP contribution in [-0.4, -0.2) is 37.6 Å². The van der Waals surface area contributed by atoms with Gasteiger partial charge < -0.3 is 15.6 Å². The summed E-state index contributed by atoms with van der Waals surface area (Å²) in [6, 6.07) is 0. The molecule has 1 aliphatic heterocycles. The fraction of sp³-hybridized carbons (Fsp3) is 0.619. The van der Waals surface area contributed by atoms with Gasteiger partial charge in [0, 0.05) is 13.0 Å². The van der Waals surface area contributed by atoms with Crippen molar-refractivity contribution in [2.75, 3.05) is 6.54 Å². The average Bonchev–Trinajstić information content (AvgIpc) is 2.61. The molecule has 0 saturated carbocycles. The standard InChI is InChI=1S/C21H33N3O5S/c1-13-14(2)19(15(3)16-10-11-21(4,5)29-18(13)16)30(27,28)24-20(22)23-12-8-6-7-9-17(25)26/h6-12H2,1-5H3,(H,25,26)(H3,22,23,24). The SMILES string of the molecule is Cc1c(C)c(S(=O)(=O)NC(N)=NCCCCCC(=O)O)c(C)c2c1OC(C)(C)CC2. The second-order valence-corrected chi connectivity index (χ2v) is 10.1. The van der Waals surface area contributed by atoms with Crippen LogP contribution in [0, 0.1) is 20.8 Å². The molecule has 0 spiro atoms. The lowest BCUT2D eigenvalue weighted by Gasteiger charge is -2.35.